The van der Waals surface area contributed by atoms with Gasteiger partial charge in [-0.05, 0) is 12.8 Å². The summed E-state index contributed by atoms with van der Waals surface area (Å²) >= 11 is 0. The molecule has 8 heteroatoms. The van der Waals surface area contributed by atoms with Gasteiger partial charge in [-0.25, -0.2) is 9.59 Å². The van der Waals surface area contributed by atoms with E-state index in [0.29, 0.717) is 0 Å². The molecule has 0 spiro atoms. The first-order chi connectivity index (χ1) is 10.7. The molecular formula is C14H26N4O4. The average molecular weight is 314 g/mol. The summed E-state index contributed by atoms with van der Waals surface area (Å²) in [4.78, 5) is 31.2. The van der Waals surface area contributed by atoms with Crippen molar-refractivity contribution < 1.29 is 19.3 Å². The highest BCUT2D eigenvalue weighted by Crippen LogP contribution is 1.93. The van der Waals surface area contributed by atoms with E-state index < -0.39 is 11.9 Å². The van der Waals surface area contributed by atoms with Gasteiger partial charge in [0.2, 0.25) is 0 Å². The average Bonchev–Trinajstić information content (AvgIpc) is 2.52. The van der Waals surface area contributed by atoms with Crippen molar-refractivity contribution in [2.75, 3.05) is 0 Å². The smallest absolute Gasteiger partial charge is 0.341 e. The Kier molecular flexibility index (Phi) is 13.9. The zero-order chi connectivity index (χ0) is 16.5. The number of hydrogen-bond acceptors (Lipinski definition) is 8. The van der Waals surface area contributed by atoms with Gasteiger partial charge in [0.05, 0.1) is 0 Å². The summed E-state index contributed by atoms with van der Waals surface area (Å²) in [5, 5.41) is 0. The number of allylic oxidation sites excluding steroid dienone is 2. The predicted molar refractivity (Wildman–Crippen MR) is 82.1 cm³/mol. The van der Waals surface area contributed by atoms with Gasteiger partial charge in [-0.3, -0.25) is 10.9 Å². The third kappa shape index (κ3) is 12.9. The fourth-order valence-corrected chi connectivity index (χ4v) is 1.23. The SMILES string of the molecule is CCCCC=CNNOC(=O)C(=O)ONNC=CCCCC. The Balaban J connectivity index is 3.56. The molecule has 0 aromatic carbocycles. The standard InChI is InChI=1S/C14H26N4O4/c1-3-5-7-9-11-15-17-21-13(19)14(20)22-18-16-12-10-8-6-4-2/h9-12,15-18H,3-8H2,1-2H3. The first kappa shape index (κ1) is 19.9. The molecule has 0 aromatic rings. The largest absolute Gasteiger partial charge is 0.439 e. The molecule has 0 aliphatic rings. The van der Waals surface area contributed by atoms with Gasteiger partial charge in [0.15, 0.2) is 0 Å². The molecule has 0 heterocycles. The summed E-state index contributed by atoms with van der Waals surface area (Å²) < 4.78 is 0. The molecule has 8 nitrogen and oxygen atoms in total. The van der Waals surface area contributed by atoms with E-state index in [0.717, 1.165) is 38.5 Å². The Bertz CT molecular complexity index is 325. The van der Waals surface area contributed by atoms with Crippen molar-refractivity contribution in [1.29, 1.82) is 0 Å². The molecule has 0 atom stereocenters. The van der Waals surface area contributed by atoms with Crippen LogP contribution in [-0.4, -0.2) is 11.9 Å². The van der Waals surface area contributed by atoms with E-state index in [1.807, 2.05) is 12.2 Å². The van der Waals surface area contributed by atoms with Crippen LogP contribution in [0.25, 0.3) is 0 Å². The van der Waals surface area contributed by atoms with Gasteiger partial charge in [-0.2, -0.15) is 0 Å². The van der Waals surface area contributed by atoms with Crippen LogP contribution in [0.5, 0.6) is 0 Å². The Hall–Kier alpha value is -2.06. The molecular weight excluding hydrogens is 288 g/mol. The highest BCUT2D eigenvalue weighted by Gasteiger charge is 2.17. The van der Waals surface area contributed by atoms with E-state index in [1.165, 1.54) is 0 Å². The van der Waals surface area contributed by atoms with Crippen molar-refractivity contribution in [3.8, 4) is 0 Å². The molecule has 0 fully saturated rings. The molecule has 0 rings (SSSR count). The van der Waals surface area contributed by atoms with E-state index in [4.69, 9.17) is 0 Å². The fraction of sp³-hybridized carbons (Fsp3) is 0.571. The summed E-state index contributed by atoms with van der Waals surface area (Å²) in [6, 6.07) is 0. The Morgan fingerprint density at radius 3 is 1.59 bits per heavy atom. The predicted octanol–water partition coefficient (Wildman–Crippen LogP) is 1.50. The topological polar surface area (TPSA) is 101 Å². The third-order valence-corrected chi connectivity index (χ3v) is 2.42. The maximum Gasteiger partial charge on any atom is 0.439 e. The van der Waals surface area contributed by atoms with Crippen LogP contribution in [0, 0.1) is 0 Å². The van der Waals surface area contributed by atoms with Crippen LogP contribution < -0.4 is 22.0 Å². The number of hydrazine groups is 2. The highest BCUT2D eigenvalue weighted by molar-refractivity contribution is 6.29. The minimum absolute atomic E-state index is 0.919. The minimum Gasteiger partial charge on any atom is -0.341 e. The highest BCUT2D eigenvalue weighted by atomic mass is 16.8. The Morgan fingerprint density at radius 2 is 1.23 bits per heavy atom. The minimum atomic E-state index is -1.18. The van der Waals surface area contributed by atoms with E-state index in [1.54, 1.807) is 12.4 Å². The molecule has 0 aliphatic carbocycles. The van der Waals surface area contributed by atoms with Crippen LogP contribution in [0.1, 0.15) is 52.4 Å². The number of nitrogens with one attached hydrogen (secondary N) is 4. The van der Waals surface area contributed by atoms with Crippen LogP contribution in [0.15, 0.2) is 24.6 Å². The molecule has 4 N–H and O–H groups in total. The second-order valence-corrected chi connectivity index (χ2v) is 4.36. The van der Waals surface area contributed by atoms with Crippen LogP contribution in [0.4, 0.5) is 0 Å². The quantitative estimate of drug-likeness (QED) is 0.244. The number of carbonyl (C=O) groups is 2. The lowest BCUT2D eigenvalue weighted by Gasteiger charge is -2.05. The number of carbonyl (C=O) groups excluding carboxylic acids is 2. The zero-order valence-corrected chi connectivity index (χ0v) is 13.2. The van der Waals surface area contributed by atoms with Crippen molar-refractivity contribution in [3.05, 3.63) is 24.6 Å². The molecule has 0 aromatic heterocycles. The molecule has 0 saturated heterocycles. The fourth-order valence-electron chi connectivity index (χ4n) is 1.23. The van der Waals surface area contributed by atoms with Crippen molar-refractivity contribution in [1.82, 2.24) is 22.0 Å². The lowest BCUT2D eigenvalue weighted by molar-refractivity contribution is -0.178. The van der Waals surface area contributed by atoms with E-state index in [9.17, 15) is 9.59 Å². The molecule has 0 amide bonds. The maximum atomic E-state index is 11.2. The van der Waals surface area contributed by atoms with Crippen LogP contribution >= 0.6 is 0 Å². The number of hydrogen-bond donors (Lipinski definition) is 4. The van der Waals surface area contributed by atoms with Crippen molar-refractivity contribution in [3.63, 3.8) is 0 Å². The monoisotopic (exact) mass is 314 g/mol. The lowest BCUT2D eigenvalue weighted by Crippen LogP contribution is -2.38. The van der Waals surface area contributed by atoms with Gasteiger partial charge in [0.1, 0.15) is 0 Å². The van der Waals surface area contributed by atoms with Crippen LogP contribution in [-0.2, 0) is 19.3 Å². The first-order valence-corrected chi connectivity index (χ1v) is 7.45. The summed E-state index contributed by atoms with van der Waals surface area (Å²) in [6.45, 7) is 4.19. The molecule has 22 heavy (non-hydrogen) atoms. The van der Waals surface area contributed by atoms with Crippen LogP contribution in [0.2, 0.25) is 0 Å². The summed E-state index contributed by atoms with van der Waals surface area (Å²) in [7, 11) is 0. The molecule has 126 valence electrons. The number of rotatable bonds is 12. The molecule has 0 radical (unpaired) electrons. The van der Waals surface area contributed by atoms with E-state index in [2.05, 4.69) is 45.6 Å². The van der Waals surface area contributed by atoms with Gasteiger partial charge in [0.25, 0.3) is 0 Å². The zero-order valence-electron chi connectivity index (χ0n) is 13.2. The third-order valence-electron chi connectivity index (χ3n) is 2.42. The Labute approximate surface area is 131 Å². The van der Waals surface area contributed by atoms with Crippen molar-refractivity contribution in [2.24, 2.45) is 0 Å². The van der Waals surface area contributed by atoms with Gasteiger partial charge < -0.3 is 9.68 Å². The van der Waals surface area contributed by atoms with Gasteiger partial charge >= 0.3 is 11.9 Å². The van der Waals surface area contributed by atoms with Gasteiger partial charge in [-0.1, -0.05) is 62.9 Å². The molecule has 0 unspecified atom stereocenters. The second kappa shape index (κ2) is 15.3. The van der Waals surface area contributed by atoms with E-state index >= 15 is 0 Å². The molecule has 0 aliphatic heterocycles. The van der Waals surface area contributed by atoms with Crippen LogP contribution in [0.3, 0.4) is 0 Å². The molecule has 0 bridgehead atoms. The first-order valence-electron chi connectivity index (χ1n) is 7.45. The summed E-state index contributed by atoms with van der Waals surface area (Å²) in [5.41, 5.74) is 9.23. The Morgan fingerprint density at radius 1 is 0.818 bits per heavy atom. The second-order valence-electron chi connectivity index (χ2n) is 4.36. The lowest BCUT2D eigenvalue weighted by atomic mass is 10.2. The summed E-state index contributed by atoms with van der Waals surface area (Å²) in [6.07, 6.45) is 13.1. The van der Waals surface area contributed by atoms with Gasteiger partial charge in [-0.15, -0.1) is 0 Å². The van der Waals surface area contributed by atoms with Crippen molar-refractivity contribution >= 4 is 11.9 Å². The van der Waals surface area contributed by atoms with Gasteiger partial charge in [0, 0.05) is 12.4 Å². The number of unbranched alkanes of at least 4 members (excludes halogenated alkanes) is 4. The normalized spacial score (nSPS) is 10.8. The molecule has 0 saturated carbocycles. The summed E-state index contributed by atoms with van der Waals surface area (Å²) in [5.74, 6) is -2.36. The maximum absolute atomic E-state index is 11.2. The van der Waals surface area contributed by atoms with Crippen molar-refractivity contribution in [2.45, 2.75) is 52.4 Å². The van der Waals surface area contributed by atoms with E-state index in [-0.39, 0.29) is 0 Å².